The smallest absolute Gasteiger partial charge is 0.264 e. The molecule has 0 saturated heterocycles. The van der Waals surface area contributed by atoms with E-state index in [1.165, 1.54) is 17.0 Å². The van der Waals surface area contributed by atoms with Crippen LogP contribution in [-0.4, -0.2) is 43.8 Å². The van der Waals surface area contributed by atoms with E-state index in [0.29, 0.717) is 21.3 Å². The molecule has 7 nitrogen and oxygen atoms in total. The number of hydrogen-bond acceptors (Lipinski definition) is 4. The van der Waals surface area contributed by atoms with Crippen molar-refractivity contribution in [3.05, 3.63) is 93.5 Å². The molecule has 3 aromatic rings. The van der Waals surface area contributed by atoms with Crippen LogP contribution in [0.2, 0.25) is 10.0 Å². The van der Waals surface area contributed by atoms with Crippen molar-refractivity contribution in [2.24, 2.45) is 0 Å². The highest BCUT2D eigenvalue weighted by atomic mass is 35.5. The fourth-order valence-corrected chi connectivity index (χ4v) is 7.08. The monoisotopic (exact) mass is 629 g/mol. The van der Waals surface area contributed by atoms with Crippen LogP contribution in [-0.2, 0) is 26.2 Å². The predicted octanol–water partition coefficient (Wildman–Crippen LogP) is 6.67. The van der Waals surface area contributed by atoms with E-state index in [0.717, 1.165) is 47.5 Å². The summed E-state index contributed by atoms with van der Waals surface area (Å²) in [7, 11) is -4.14. The van der Waals surface area contributed by atoms with Gasteiger partial charge < -0.3 is 10.2 Å². The standard InChI is InChI=1S/C32H37Cl2N3O4S/c1-22-15-17-27(18-16-22)42(40,41)37(26-12-7-9-23(2)19-26)21-31(38)36(20-28-29(33)13-8-14-30(28)34)24(3)32(39)35-25-10-5-4-6-11-25/h7-9,12-19,24-25H,4-6,10-11,20-21H2,1-3H3,(H,35,39)/t24-/m0/s1. The molecule has 0 bridgehead atoms. The van der Waals surface area contributed by atoms with Crippen molar-refractivity contribution in [2.75, 3.05) is 10.8 Å². The quantitative estimate of drug-likeness (QED) is 0.271. The number of amides is 2. The highest BCUT2D eigenvalue weighted by Gasteiger charge is 2.34. The van der Waals surface area contributed by atoms with Crippen LogP contribution < -0.4 is 9.62 Å². The number of benzene rings is 3. The third-order valence-corrected chi connectivity index (χ3v) is 10.2. The molecule has 1 saturated carbocycles. The highest BCUT2D eigenvalue weighted by molar-refractivity contribution is 7.92. The van der Waals surface area contributed by atoms with Crippen LogP contribution in [0.25, 0.3) is 0 Å². The summed E-state index contributed by atoms with van der Waals surface area (Å²) < 4.78 is 29.1. The lowest BCUT2D eigenvalue weighted by atomic mass is 9.95. The molecule has 224 valence electrons. The Bertz CT molecular complexity index is 1500. The zero-order chi connectivity index (χ0) is 30.4. The van der Waals surface area contributed by atoms with Crippen molar-refractivity contribution in [1.29, 1.82) is 0 Å². The van der Waals surface area contributed by atoms with E-state index in [2.05, 4.69) is 5.32 Å². The van der Waals surface area contributed by atoms with Crippen molar-refractivity contribution in [3.63, 3.8) is 0 Å². The lowest BCUT2D eigenvalue weighted by Crippen LogP contribution is -2.53. The van der Waals surface area contributed by atoms with Gasteiger partial charge in [0, 0.05) is 28.2 Å². The molecule has 2 amide bonds. The Labute approximate surface area is 258 Å². The molecule has 10 heteroatoms. The zero-order valence-corrected chi connectivity index (χ0v) is 26.5. The first kappa shape index (κ1) is 31.9. The minimum atomic E-state index is -4.14. The van der Waals surface area contributed by atoms with Gasteiger partial charge in [0.25, 0.3) is 10.0 Å². The predicted molar refractivity (Wildman–Crippen MR) is 168 cm³/mol. The molecular formula is C32H37Cl2N3O4S. The Morgan fingerprint density at radius 3 is 2.14 bits per heavy atom. The number of rotatable bonds is 10. The molecule has 0 aliphatic heterocycles. The summed E-state index contributed by atoms with van der Waals surface area (Å²) in [4.78, 5) is 29.0. The normalized spacial score (nSPS) is 14.7. The van der Waals surface area contributed by atoms with Crippen molar-refractivity contribution >= 4 is 50.7 Å². The largest absolute Gasteiger partial charge is 0.352 e. The molecule has 1 aliphatic carbocycles. The Morgan fingerprint density at radius 1 is 0.905 bits per heavy atom. The van der Waals surface area contributed by atoms with Gasteiger partial charge >= 0.3 is 0 Å². The van der Waals surface area contributed by atoms with Crippen LogP contribution >= 0.6 is 23.2 Å². The van der Waals surface area contributed by atoms with Crippen LogP contribution in [0.3, 0.4) is 0 Å². The van der Waals surface area contributed by atoms with Crippen molar-refractivity contribution in [2.45, 2.75) is 76.4 Å². The van der Waals surface area contributed by atoms with E-state index in [-0.39, 0.29) is 23.4 Å². The summed E-state index contributed by atoms with van der Waals surface area (Å²) >= 11 is 12.9. The molecule has 1 atom stereocenters. The van der Waals surface area contributed by atoms with Crippen LogP contribution in [0, 0.1) is 13.8 Å². The maximum absolute atomic E-state index is 14.2. The van der Waals surface area contributed by atoms with Crippen molar-refractivity contribution < 1.29 is 18.0 Å². The van der Waals surface area contributed by atoms with Gasteiger partial charge in [-0.05, 0) is 75.6 Å². The minimum Gasteiger partial charge on any atom is -0.352 e. The third-order valence-electron chi connectivity index (χ3n) is 7.69. The molecule has 1 fully saturated rings. The molecule has 3 aromatic carbocycles. The number of nitrogens with one attached hydrogen (secondary N) is 1. The maximum atomic E-state index is 14.2. The van der Waals surface area contributed by atoms with Gasteiger partial charge in [-0.1, -0.05) is 78.4 Å². The first-order chi connectivity index (χ1) is 20.0. The topological polar surface area (TPSA) is 86.8 Å². The maximum Gasteiger partial charge on any atom is 0.264 e. The molecule has 0 radical (unpaired) electrons. The van der Waals surface area contributed by atoms with Gasteiger partial charge in [0.2, 0.25) is 11.8 Å². The summed E-state index contributed by atoms with van der Waals surface area (Å²) in [6.45, 7) is 4.78. The number of carbonyl (C=O) groups is 2. The minimum absolute atomic E-state index is 0.0419. The van der Waals surface area contributed by atoms with E-state index in [1.807, 2.05) is 19.9 Å². The summed E-state index contributed by atoms with van der Waals surface area (Å²) in [5.74, 6) is -0.864. The molecule has 1 aliphatic rings. The summed E-state index contributed by atoms with van der Waals surface area (Å²) in [5, 5.41) is 3.79. The fourth-order valence-electron chi connectivity index (χ4n) is 5.15. The number of halogens is 2. The van der Waals surface area contributed by atoms with Crippen molar-refractivity contribution in [3.8, 4) is 0 Å². The van der Waals surface area contributed by atoms with Gasteiger partial charge in [0.05, 0.1) is 10.6 Å². The lowest BCUT2D eigenvalue weighted by Gasteiger charge is -2.33. The molecule has 0 spiro atoms. The summed E-state index contributed by atoms with van der Waals surface area (Å²) in [6.07, 6.45) is 5.00. The van der Waals surface area contributed by atoms with Crippen LogP contribution in [0.15, 0.2) is 71.6 Å². The van der Waals surface area contributed by atoms with Gasteiger partial charge in [0.1, 0.15) is 12.6 Å². The third kappa shape index (κ3) is 7.65. The fraction of sp³-hybridized carbons (Fsp3) is 0.375. The number of anilines is 1. The Hall–Kier alpha value is -3.07. The zero-order valence-electron chi connectivity index (χ0n) is 24.1. The highest BCUT2D eigenvalue weighted by Crippen LogP contribution is 2.29. The van der Waals surface area contributed by atoms with E-state index < -0.39 is 28.5 Å². The van der Waals surface area contributed by atoms with Gasteiger partial charge in [-0.25, -0.2) is 8.42 Å². The number of sulfonamides is 1. The first-order valence-electron chi connectivity index (χ1n) is 14.2. The van der Waals surface area contributed by atoms with E-state index in [1.54, 1.807) is 55.5 Å². The van der Waals surface area contributed by atoms with E-state index in [9.17, 15) is 18.0 Å². The second kappa shape index (κ2) is 13.9. The number of carbonyl (C=O) groups excluding carboxylic acids is 2. The molecule has 0 heterocycles. The second-order valence-corrected chi connectivity index (χ2v) is 13.6. The molecule has 0 aromatic heterocycles. The van der Waals surface area contributed by atoms with Crippen LogP contribution in [0.1, 0.15) is 55.7 Å². The molecular weight excluding hydrogens is 593 g/mol. The Morgan fingerprint density at radius 2 is 1.52 bits per heavy atom. The molecule has 4 rings (SSSR count). The van der Waals surface area contributed by atoms with Gasteiger partial charge in [-0.15, -0.1) is 0 Å². The van der Waals surface area contributed by atoms with Crippen LogP contribution in [0.4, 0.5) is 5.69 Å². The molecule has 1 N–H and O–H groups in total. The van der Waals surface area contributed by atoms with E-state index in [4.69, 9.17) is 23.2 Å². The second-order valence-electron chi connectivity index (χ2n) is 10.9. The van der Waals surface area contributed by atoms with Gasteiger partial charge in [-0.3, -0.25) is 13.9 Å². The van der Waals surface area contributed by atoms with Crippen molar-refractivity contribution in [1.82, 2.24) is 10.2 Å². The SMILES string of the molecule is Cc1ccc(S(=O)(=O)N(CC(=O)N(Cc2c(Cl)cccc2Cl)[C@@H](C)C(=O)NC2CCCCC2)c2cccc(C)c2)cc1. The lowest BCUT2D eigenvalue weighted by molar-refractivity contribution is -0.139. The molecule has 42 heavy (non-hydrogen) atoms. The van der Waals surface area contributed by atoms with E-state index >= 15 is 0 Å². The average Bonchev–Trinajstić information content (AvgIpc) is 2.96. The van der Waals surface area contributed by atoms with Gasteiger partial charge in [-0.2, -0.15) is 0 Å². The number of hydrogen-bond donors (Lipinski definition) is 1. The number of nitrogens with zero attached hydrogens (tertiary/aromatic N) is 2. The van der Waals surface area contributed by atoms with Crippen LogP contribution in [0.5, 0.6) is 0 Å². The Balaban J connectivity index is 1.71. The molecule has 0 unspecified atom stereocenters. The first-order valence-corrected chi connectivity index (χ1v) is 16.4. The summed E-state index contributed by atoms with van der Waals surface area (Å²) in [6, 6.07) is 17.6. The van der Waals surface area contributed by atoms with Gasteiger partial charge in [0.15, 0.2) is 0 Å². The average molecular weight is 631 g/mol. The summed E-state index contributed by atoms with van der Waals surface area (Å²) in [5.41, 5.74) is 2.57. The Kier molecular flexibility index (Phi) is 10.6. The number of aryl methyl sites for hydroxylation is 2.